The minimum Gasteiger partial charge on any atom is -0.445 e. The molecule has 2 N–H and O–H groups in total. The Kier molecular flexibility index (Phi) is 19.3. The van der Waals surface area contributed by atoms with Gasteiger partial charge in [0.15, 0.2) is 5.66 Å². The summed E-state index contributed by atoms with van der Waals surface area (Å²) >= 11 is 0. The van der Waals surface area contributed by atoms with E-state index in [1.807, 2.05) is 44.2 Å². The van der Waals surface area contributed by atoms with Crippen LogP contribution >= 0.6 is 0 Å². The topological polar surface area (TPSA) is 79.7 Å². The first kappa shape index (κ1) is 36.1. The maximum Gasteiger partial charge on any atom is 0.409 e. The molecule has 1 atom stereocenters. The molecule has 0 spiro atoms. The molecule has 7 heteroatoms. The lowest BCUT2D eigenvalue weighted by molar-refractivity contribution is -0.114. The number of rotatable bonds is 27. The quantitative estimate of drug-likeness (QED) is 0.0612. The third-order valence-electron chi connectivity index (χ3n) is 8.10. The zero-order valence-electron chi connectivity index (χ0n) is 27.1. The Balaban J connectivity index is 1.41. The molecule has 0 bridgehead atoms. The van der Waals surface area contributed by atoms with Crippen LogP contribution in [0, 0.1) is 5.92 Å². The summed E-state index contributed by atoms with van der Waals surface area (Å²) in [5.41, 5.74) is 3.02. The van der Waals surface area contributed by atoms with Crippen LogP contribution in [0.4, 0.5) is 4.79 Å². The standard InChI is InChI=1S/C35H61N3O4/c1-4-5-6-7-8-9-10-11-12-13-14-15-16-17-18-22-26-36-42-28-23-27-38-33(39)35(38,29-31(2)3)37-34(40)41-30-32-24-20-19-21-25-32/h19-21,24-25,31,36H,4-18,22-23,26-30H2,1-3H3,(H,37,40). The number of benzene rings is 1. The second-order valence-electron chi connectivity index (χ2n) is 12.5. The molecule has 7 nitrogen and oxygen atoms in total. The molecule has 1 unspecified atom stereocenters. The Bertz CT molecular complexity index is 835. The van der Waals surface area contributed by atoms with E-state index >= 15 is 0 Å². The number of carbonyl (C=O) groups is 2. The molecule has 1 fully saturated rings. The monoisotopic (exact) mass is 587 g/mol. The molecular formula is C35H61N3O4. The zero-order valence-corrected chi connectivity index (χ0v) is 27.1. The molecule has 0 aromatic heterocycles. The Morgan fingerprint density at radius 3 is 1.90 bits per heavy atom. The molecule has 0 aliphatic carbocycles. The SMILES string of the molecule is CCCCCCCCCCCCCCCCCCNOCCCN1C(=O)C1(CC(C)C)NC(=O)OCc1ccccc1. The predicted octanol–water partition coefficient (Wildman–Crippen LogP) is 8.67. The molecule has 0 saturated carbocycles. The number of carbonyl (C=O) groups excluding carboxylic acids is 2. The average Bonchev–Trinajstić information content (AvgIpc) is 3.51. The molecule has 1 saturated heterocycles. The van der Waals surface area contributed by atoms with Gasteiger partial charge in [-0.15, -0.1) is 0 Å². The maximum atomic E-state index is 12.7. The van der Waals surface area contributed by atoms with E-state index in [1.165, 1.54) is 96.3 Å². The number of nitrogens with zero attached hydrogens (tertiary/aromatic N) is 1. The highest BCUT2D eigenvalue weighted by Gasteiger charge is 2.63. The highest BCUT2D eigenvalue weighted by molar-refractivity contribution is 6.04. The number of alkyl carbamates (subject to hydrolysis) is 1. The van der Waals surface area contributed by atoms with Gasteiger partial charge in [-0.1, -0.05) is 147 Å². The molecule has 1 aliphatic heterocycles. The van der Waals surface area contributed by atoms with Gasteiger partial charge >= 0.3 is 6.09 Å². The molecule has 1 aromatic rings. The van der Waals surface area contributed by atoms with Gasteiger partial charge in [0.25, 0.3) is 5.91 Å². The Morgan fingerprint density at radius 2 is 1.36 bits per heavy atom. The van der Waals surface area contributed by atoms with Crippen LogP contribution in [0.5, 0.6) is 0 Å². The third kappa shape index (κ3) is 15.4. The number of unbranched alkanes of at least 4 members (excludes halogenated alkanes) is 15. The second-order valence-corrected chi connectivity index (χ2v) is 12.5. The average molecular weight is 588 g/mol. The van der Waals surface area contributed by atoms with E-state index in [-0.39, 0.29) is 18.4 Å². The molecule has 42 heavy (non-hydrogen) atoms. The van der Waals surface area contributed by atoms with Crippen molar-refractivity contribution in [3.63, 3.8) is 0 Å². The van der Waals surface area contributed by atoms with Crippen LogP contribution in [0.25, 0.3) is 0 Å². The van der Waals surface area contributed by atoms with Crippen LogP contribution in [0.15, 0.2) is 30.3 Å². The highest BCUT2D eigenvalue weighted by Crippen LogP contribution is 2.37. The fraction of sp³-hybridized carbons (Fsp3) is 0.771. The minimum atomic E-state index is -0.955. The summed E-state index contributed by atoms with van der Waals surface area (Å²) in [6.07, 6.45) is 22.6. The largest absolute Gasteiger partial charge is 0.445 e. The molecular weight excluding hydrogens is 526 g/mol. The Morgan fingerprint density at radius 1 is 0.810 bits per heavy atom. The van der Waals surface area contributed by atoms with Crippen molar-refractivity contribution in [3.05, 3.63) is 35.9 Å². The van der Waals surface area contributed by atoms with Gasteiger partial charge in [-0.25, -0.2) is 10.3 Å². The molecule has 1 aromatic carbocycles. The van der Waals surface area contributed by atoms with Gasteiger partial charge in [-0.2, -0.15) is 0 Å². The summed E-state index contributed by atoms with van der Waals surface area (Å²) in [7, 11) is 0. The lowest BCUT2D eigenvalue weighted by atomic mass is 10.0. The van der Waals surface area contributed by atoms with Crippen LogP contribution in [0.3, 0.4) is 0 Å². The van der Waals surface area contributed by atoms with Crippen molar-refractivity contribution < 1.29 is 19.2 Å². The fourth-order valence-corrected chi connectivity index (χ4v) is 5.67. The molecule has 2 amide bonds. The van der Waals surface area contributed by atoms with Crippen molar-refractivity contribution >= 4 is 12.0 Å². The summed E-state index contributed by atoms with van der Waals surface area (Å²) in [5.74, 6) is 0.208. The van der Waals surface area contributed by atoms with Gasteiger partial charge in [-0.05, 0) is 24.3 Å². The first-order valence-electron chi connectivity index (χ1n) is 17.1. The zero-order chi connectivity index (χ0) is 30.3. The van der Waals surface area contributed by atoms with Crippen LogP contribution < -0.4 is 10.8 Å². The van der Waals surface area contributed by atoms with Gasteiger partial charge in [0.2, 0.25) is 0 Å². The van der Waals surface area contributed by atoms with Crippen molar-refractivity contribution in [1.82, 2.24) is 15.7 Å². The number of nitrogens with one attached hydrogen (secondary N) is 2. The van der Waals surface area contributed by atoms with E-state index < -0.39 is 11.8 Å². The molecule has 0 radical (unpaired) electrons. The van der Waals surface area contributed by atoms with Gasteiger partial charge in [0.05, 0.1) is 6.61 Å². The number of hydrogen-bond acceptors (Lipinski definition) is 5. The van der Waals surface area contributed by atoms with Crippen LogP contribution in [-0.4, -0.2) is 42.3 Å². The van der Waals surface area contributed by atoms with Crippen LogP contribution in [0.1, 0.15) is 142 Å². The summed E-state index contributed by atoms with van der Waals surface area (Å²) < 4.78 is 5.37. The van der Waals surface area contributed by atoms with Crippen LogP contribution in [-0.2, 0) is 21.0 Å². The van der Waals surface area contributed by atoms with Crippen LogP contribution in [0.2, 0.25) is 0 Å². The first-order valence-corrected chi connectivity index (χ1v) is 17.1. The van der Waals surface area contributed by atoms with Crippen molar-refractivity contribution in [2.45, 2.75) is 149 Å². The second kappa shape index (κ2) is 22.4. The van der Waals surface area contributed by atoms with E-state index in [1.54, 1.807) is 4.90 Å². The normalized spacial score (nSPS) is 16.3. The van der Waals surface area contributed by atoms with Gasteiger partial charge < -0.3 is 14.5 Å². The van der Waals surface area contributed by atoms with E-state index in [9.17, 15) is 9.59 Å². The van der Waals surface area contributed by atoms with Crippen molar-refractivity contribution in [1.29, 1.82) is 0 Å². The van der Waals surface area contributed by atoms with Gasteiger partial charge in [0.1, 0.15) is 6.61 Å². The van der Waals surface area contributed by atoms with Gasteiger partial charge in [0, 0.05) is 19.5 Å². The fourth-order valence-electron chi connectivity index (χ4n) is 5.67. The highest BCUT2D eigenvalue weighted by atomic mass is 16.6. The van der Waals surface area contributed by atoms with E-state index in [0.717, 1.165) is 18.5 Å². The Labute approximate surface area is 256 Å². The smallest absolute Gasteiger partial charge is 0.409 e. The van der Waals surface area contributed by atoms with E-state index in [0.29, 0.717) is 26.0 Å². The number of ether oxygens (including phenoxy) is 1. The molecule has 1 aliphatic rings. The Hall–Kier alpha value is -2.12. The first-order chi connectivity index (χ1) is 20.5. The molecule has 240 valence electrons. The summed E-state index contributed by atoms with van der Waals surface area (Å²) in [6.45, 7) is 8.49. The van der Waals surface area contributed by atoms with Crippen molar-refractivity contribution in [2.75, 3.05) is 19.7 Å². The maximum absolute atomic E-state index is 12.7. The van der Waals surface area contributed by atoms with E-state index in [2.05, 4.69) is 17.7 Å². The third-order valence-corrected chi connectivity index (χ3v) is 8.10. The predicted molar refractivity (Wildman–Crippen MR) is 172 cm³/mol. The summed E-state index contributed by atoms with van der Waals surface area (Å²) in [6, 6.07) is 9.53. The molecule has 1 heterocycles. The summed E-state index contributed by atoms with van der Waals surface area (Å²) in [5, 5.41) is 2.84. The van der Waals surface area contributed by atoms with Gasteiger partial charge in [-0.3, -0.25) is 10.1 Å². The van der Waals surface area contributed by atoms with Crippen molar-refractivity contribution in [3.8, 4) is 0 Å². The number of amides is 2. The summed E-state index contributed by atoms with van der Waals surface area (Å²) in [4.78, 5) is 32.5. The number of hydrogen-bond donors (Lipinski definition) is 2. The number of hydroxylamine groups is 1. The van der Waals surface area contributed by atoms with Crippen molar-refractivity contribution in [2.24, 2.45) is 5.92 Å². The molecule has 2 rings (SSSR count). The van der Waals surface area contributed by atoms with E-state index in [4.69, 9.17) is 9.57 Å². The lowest BCUT2D eigenvalue weighted by Crippen LogP contribution is -2.43. The minimum absolute atomic E-state index is 0.0472. The lowest BCUT2D eigenvalue weighted by Gasteiger charge is -2.19.